The van der Waals surface area contributed by atoms with E-state index in [1.54, 1.807) is 51.1 Å². The molecule has 2 aromatic rings. The maximum atomic E-state index is 12.3. The number of para-hydroxylation sites is 2. The molecule has 0 spiro atoms. The summed E-state index contributed by atoms with van der Waals surface area (Å²) >= 11 is 0. The van der Waals surface area contributed by atoms with E-state index in [1.165, 1.54) is 6.07 Å². The van der Waals surface area contributed by atoms with Crippen LogP contribution in [0.5, 0.6) is 11.5 Å². The second kappa shape index (κ2) is 8.84. The summed E-state index contributed by atoms with van der Waals surface area (Å²) in [5.41, 5.74) is -0.317. The Morgan fingerprint density at radius 3 is 2.22 bits per heavy atom. The van der Waals surface area contributed by atoms with Crippen LogP contribution < -0.4 is 15.4 Å². The Bertz CT molecular complexity index is 813. The summed E-state index contributed by atoms with van der Waals surface area (Å²) < 4.78 is 10.7. The molecule has 0 atom stereocenters. The predicted octanol–water partition coefficient (Wildman–Crippen LogP) is 3.26. The number of hydrogen-bond acceptors (Lipinski definition) is 5. The predicted molar refractivity (Wildman–Crippen MR) is 99.7 cm³/mol. The molecule has 0 aromatic heterocycles. The highest BCUT2D eigenvalue weighted by atomic mass is 16.5. The van der Waals surface area contributed by atoms with Crippen molar-refractivity contribution < 1.29 is 23.9 Å². The van der Waals surface area contributed by atoms with Gasteiger partial charge in [0.05, 0.1) is 0 Å². The Labute approximate surface area is 157 Å². The van der Waals surface area contributed by atoms with Crippen molar-refractivity contribution in [3.05, 3.63) is 60.2 Å². The fraction of sp³-hybridized carbons (Fsp3) is 0.250. The van der Waals surface area contributed by atoms with Gasteiger partial charge in [-0.25, -0.2) is 9.59 Å². The lowest BCUT2D eigenvalue weighted by Gasteiger charge is -2.20. The Morgan fingerprint density at radius 2 is 1.56 bits per heavy atom. The van der Waals surface area contributed by atoms with E-state index >= 15 is 0 Å². The molecule has 0 saturated carbocycles. The van der Waals surface area contributed by atoms with Crippen LogP contribution >= 0.6 is 0 Å². The van der Waals surface area contributed by atoms with Crippen molar-refractivity contribution in [1.82, 2.24) is 10.6 Å². The molecule has 0 saturated heterocycles. The molecule has 2 N–H and O–H groups in total. The number of imide groups is 1. The number of esters is 1. The van der Waals surface area contributed by atoms with Gasteiger partial charge in [-0.2, -0.15) is 0 Å². The number of carbonyl (C=O) groups excluding carboxylic acids is 3. The van der Waals surface area contributed by atoms with Gasteiger partial charge in [0.25, 0.3) is 5.91 Å². The standard InChI is InChI=1S/C20H22N2O5/c1-20(2,3)22-19(25)21-17(23)13-26-18(24)15-11-7-8-12-16(15)27-14-9-5-4-6-10-14/h4-12H,13H2,1-3H3,(H2,21,22,23,25). The minimum absolute atomic E-state index is 0.174. The van der Waals surface area contributed by atoms with E-state index < -0.39 is 30.1 Å². The normalized spacial score (nSPS) is 10.6. The number of benzene rings is 2. The highest BCUT2D eigenvalue weighted by molar-refractivity contribution is 5.98. The number of rotatable bonds is 5. The van der Waals surface area contributed by atoms with Crippen LogP contribution in [0.4, 0.5) is 4.79 Å². The van der Waals surface area contributed by atoms with Crippen LogP contribution in [0, 0.1) is 0 Å². The lowest BCUT2D eigenvalue weighted by molar-refractivity contribution is -0.123. The largest absolute Gasteiger partial charge is 0.456 e. The van der Waals surface area contributed by atoms with Gasteiger partial charge in [-0.1, -0.05) is 30.3 Å². The summed E-state index contributed by atoms with van der Waals surface area (Å²) in [4.78, 5) is 35.7. The van der Waals surface area contributed by atoms with Crippen LogP contribution in [0.1, 0.15) is 31.1 Å². The second-order valence-corrected chi connectivity index (χ2v) is 6.74. The molecule has 0 heterocycles. The SMILES string of the molecule is CC(C)(C)NC(=O)NC(=O)COC(=O)c1ccccc1Oc1ccccc1. The molecule has 0 unspecified atom stereocenters. The van der Waals surface area contributed by atoms with Gasteiger partial charge in [0.15, 0.2) is 6.61 Å². The number of carbonyl (C=O) groups is 3. The molecule has 0 aliphatic rings. The van der Waals surface area contributed by atoms with Crippen LogP contribution in [0.15, 0.2) is 54.6 Å². The fourth-order valence-electron chi connectivity index (χ4n) is 2.08. The molecule has 142 valence electrons. The Hall–Kier alpha value is -3.35. The molecule has 7 nitrogen and oxygen atoms in total. The molecule has 7 heteroatoms. The quantitative estimate of drug-likeness (QED) is 0.788. The van der Waals surface area contributed by atoms with E-state index in [0.29, 0.717) is 11.5 Å². The molecule has 2 rings (SSSR count). The number of urea groups is 1. The lowest BCUT2D eigenvalue weighted by Crippen LogP contribution is -2.49. The van der Waals surface area contributed by atoms with Crippen LogP contribution in [-0.2, 0) is 9.53 Å². The summed E-state index contributed by atoms with van der Waals surface area (Å²) in [6.07, 6.45) is 0. The first-order chi connectivity index (χ1) is 12.7. The number of nitrogens with one attached hydrogen (secondary N) is 2. The topological polar surface area (TPSA) is 93.7 Å². The number of amides is 3. The van der Waals surface area contributed by atoms with Crippen molar-refractivity contribution in [2.24, 2.45) is 0 Å². The summed E-state index contributed by atoms with van der Waals surface area (Å²) in [6, 6.07) is 14.9. The first kappa shape index (κ1) is 20.0. The molecule has 0 fully saturated rings. The highest BCUT2D eigenvalue weighted by Gasteiger charge is 2.18. The van der Waals surface area contributed by atoms with Crippen LogP contribution in [0.3, 0.4) is 0 Å². The van der Waals surface area contributed by atoms with Crippen LogP contribution in [0.25, 0.3) is 0 Å². The minimum Gasteiger partial charge on any atom is -0.456 e. The van der Waals surface area contributed by atoms with Crippen molar-refractivity contribution in [1.29, 1.82) is 0 Å². The summed E-state index contributed by atoms with van der Waals surface area (Å²) in [6.45, 7) is 4.75. The van der Waals surface area contributed by atoms with Gasteiger partial charge in [0.1, 0.15) is 17.1 Å². The molecule has 3 amide bonds. The van der Waals surface area contributed by atoms with E-state index in [1.807, 2.05) is 18.2 Å². The second-order valence-electron chi connectivity index (χ2n) is 6.74. The molecular formula is C20H22N2O5. The van der Waals surface area contributed by atoms with Crippen LogP contribution in [0.2, 0.25) is 0 Å². The molecule has 2 aromatic carbocycles. The van der Waals surface area contributed by atoms with E-state index in [4.69, 9.17) is 9.47 Å². The van der Waals surface area contributed by atoms with Crippen molar-refractivity contribution in [2.75, 3.05) is 6.61 Å². The zero-order valence-corrected chi connectivity index (χ0v) is 15.4. The van der Waals surface area contributed by atoms with Gasteiger partial charge in [-0.15, -0.1) is 0 Å². The third kappa shape index (κ3) is 6.81. The Morgan fingerprint density at radius 1 is 0.926 bits per heavy atom. The highest BCUT2D eigenvalue weighted by Crippen LogP contribution is 2.25. The van der Waals surface area contributed by atoms with Gasteiger partial charge < -0.3 is 14.8 Å². The zero-order chi connectivity index (χ0) is 19.9. The van der Waals surface area contributed by atoms with Crippen LogP contribution in [-0.4, -0.2) is 30.1 Å². The van der Waals surface area contributed by atoms with Gasteiger partial charge in [0.2, 0.25) is 0 Å². The van der Waals surface area contributed by atoms with Crippen molar-refractivity contribution >= 4 is 17.9 Å². The van der Waals surface area contributed by atoms with Gasteiger partial charge in [-0.05, 0) is 45.0 Å². The first-order valence-electron chi connectivity index (χ1n) is 8.36. The van der Waals surface area contributed by atoms with E-state index in [-0.39, 0.29) is 5.56 Å². The Balaban J connectivity index is 1.94. The molecule has 0 aliphatic heterocycles. The summed E-state index contributed by atoms with van der Waals surface area (Å²) in [7, 11) is 0. The van der Waals surface area contributed by atoms with E-state index in [9.17, 15) is 14.4 Å². The maximum Gasteiger partial charge on any atom is 0.342 e. The monoisotopic (exact) mass is 370 g/mol. The lowest BCUT2D eigenvalue weighted by atomic mass is 10.1. The number of ether oxygens (including phenoxy) is 2. The summed E-state index contributed by atoms with van der Waals surface area (Å²) in [5.74, 6) is -0.589. The van der Waals surface area contributed by atoms with E-state index in [2.05, 4.69) is 10.6 Å². The maximum absolute atomic E-state index is 12.3. The molecular weight excluding hydrogens is 348 g/mol. The Kier molecular flexibility index (Phi) is 6.54. The van der Waals surface area contributed by atoms with E-state index in [0.717, 1.165) is 0 Å². The van der Waals surface area contributed by atoms with Crippen molar-refractivity contribution in [2.45, 2.75) is 26.3 Å². The third-order valence-electron chi connectivity index (χ3n) is 3.15. The molecule has 0 bridgehead atoms. The molecule has 0 aliphatic carbocycles. The average molecular weight is 370 g/mol. The summed E-state index contributed by atoms with van der Waals surface area (Å²) in [5, 5.41) is 4.67. The third-order valence-corrected chi connectivity index (χ3v) is 3.15. The van der Waals surface area contributed by atoms with Crippen molar-refractivity contribution in [3.8, 4) is 11.5 Å². The van der Waals surface area contributed by atoms with Gasteiger partial charge in [0, 0.05) is 5.54 Å². The number of hydrogen-bond donors (Lipinski definition) is 2. The zero-order valence-electron chi connectivity index (χ0n) is 15.4. The van der Waals surface area contributed by atoms with Gasteiger partial charge in [-0.3, -0.25) is 10.1 Å². The molecule has 27 heavy (non-hydrogen) atoms. The van der Waals surface area contributed by atoms with Gasteiger partial charge >= 0.3 is 12.0 Å². The van der Waals surface area contributed by atoms with Crippen molar-refractivity contribution in [3.63, 3.8) is 0 Å². The smallest absolute Gasteiger partial charge is 0.342 e. The molecule has 0 radical (unpaired) electrons. The first-order valence-corrected chi connectivity index (χ1v) is 8.36. The average Bonchev–Trinajstić information content (AvgIpc) is 2.59. The fourth-order valence-corrected chi connectivity index (χ4v) is 2.08. The minimum atomic E-state index is -0.730.